The fourth-order valence-electron chi connectivity index (χ4n) is 3.97. The number of benzene rings is 2. The fourth-order valence-corrected chi connectivity index (χ4v) is 3.97. The molecule has 0 radical (unpaired) electrons. The van der Waals surface area contributed by atoms with E-state index in [9.17, 15) is 19.8 Å². The highest BCUT2D eigenvalue weighted by molar-refractivity contribution is 6.00. The molecule has 8 heteroatoms. The third-order valence-electron chi connectivity index (χ3n) is 5.63. The highest BCUT2D eigenvalue weighted by atomic mass is 16.5. The molecule has 2 aromatic carbocycles. The first-order chi connectivity index (χ1) is 15.8. The summed E-state index contributed by atoms with van der Waals surface area (Å²) in [4.78, 5) is 23.2. The molecule has 172 valence electrons. The van der Waals surface area contributed by atoms with E-state index in [2.05, 4.69) is 0 Å². The molecule has 0 fully saturated rings. The van der Waals surface area contributed by atoms with Gasteiger partial charge in [-0.15, -0.1) is 0 Å². The van der Waals surface area contributed by atoms with Crippen LogP contribution in [0.15, 0.2) is 47.1 Å². The molecular formula is C25H24O8. The van der Waals surface area contributed by atoms with Crippen molar-refractivity contribution in [2.75, 3.05) is 13.7 Å². The van der Waals surface area contributed by atoms with E-state index in [4.69, 9.17) is 18.6 Å². The first kappa shape index (κ1) is 22.3. The molecule has 0 amide bonds. The van der Waals surface area contributed by atoms with Gasteiger partial charge in [0.25, 0.3) is 0 Å². The summed E-state index contributed by atoms with van der Waals surface area (Å²) in [6.07, 6.45) is 1.63. The number of ketones is 1. The number of Topliss-reactive ketones (excluding diaryl/α,β-unsaturated/α-hetero) is 1. The number of methoxy groups -OCH3 is 1. The monoisotopic (exact) mass is 452 g/mol. The van der Waals surface area contributed by atoms with Crippen molar-refractivity contribution in [3.8, 4) is 17.2 Å². The van der Waals surface area contributed by atoms with Crippen LogP contribution in [0.25, 0.3) is 16.5 Å². The number of carbonyl (C=O) groups is 2. The Morgan fingerprint density at radius 3 is 2.58 bits per heavy atom. The number of furan rings is 1. The number of hydrogen-bond donors (Lipinski definition) is 2. The average molecular weight is 452 g/mol. The van der Waals surface area contributed by atoms with Gasteiger partial charge in [0.2, 0.25) is 0 Å². The van der Waals surface area contributed by atoms with Crippen LogP contribution in [0.2, 0.25) is 0 Å². The van der Waals surface area contributed by atoms with Crippen molar-refractivity contribution in [1.29, 1.82) is 0 Å². The molecule has 0 bridgehead atoms. The number of fused-ring (bicyclic) bond motifs is 1. The normalized spacial score (nSPS) is 17.8. The quantitative estimate of drug-likeness (QED) is 0.407. The Kier molecular flexibility index (Phi) is 6.00. The second-order valence-electron chi connectivity index (χ2n) is 7.97. The highest BCUT2D eigenvalue weighted by Gasteiger charge is 2.32. The van der Waals surface area contributed by atoms with Gasteiger partial charge in [0.05, 0.1) is 25.5 Å². The summed E-state index contributed by atoms with van der Waals surface area (Å²) in [6, 6.07) is 9.72. The zero-order chi connectivity index (χ0) is 23.7. The molecule has 1 aliphatic rings. The number of allylic oxidation sites excluding steroid dienone is 1. The molecule has 0 aliphatic carbocycles. The third-order valence-corrected chi connectivity index (χ3v) is 5.63. The lowest BCUT2D eigenvalue weighted by atomic mass is 9.87. The van der Waals surface area contributed by atoms with Crippen molar-refractivity contribution in [1.82, 2.24) is 0 Å². The van der Waals surface area contributed by atoms with Gasteiger partial charge in [-0.05, 0) is 49.2 Å². The lowest BCUT2D eigenvalue weighted by Crippen LogP contribution is -2.24. The van der Waals surface area contributed by atoms with E-state index in [1.807, 2.05) is 0 Å². The molecule has 33 heavy (non-hydrogen) atoms. The van der Waals surface area contributed by atoms with Crippen LogP contribution in [-0.2, 0) is 14.3 Å². The van der Waals surface area contributed by atoms with Crippen molar-refractivity contribution < 1.29 is 38.4 Å². The van der Waals surface area contributed by atoms with Gasteiger partial charge in [-0.1, -0.05) is 6.07 Å². The lowest BCUT2D eigenvalue weighted by molar-refractivity contribution is -0.143. The fraction of sp³-hybridized carbons (Fsp3) is 0.280. The summed E-state index contributed by atoms with van der Waals surface area (Å²) in [5, 5.41) is 20.7. The van der Waals surface area contributed by atoms with Gasteiger partial charge < -0.3 is 28.8 Å². The topological polar surface area (TPSA) is 115 Å². The smallest absolute Gasteiger partial charge is 0.302 e. The van der Waals surface area contributed by atoms with E-state index in [0.29, 0.717) is 28.9 Å². The van der Waals surface area contributed by atoms with E-state index >= 15 is 0 Å². The molecule has 2 heterocycles. The number of hydrogen-bond acceptors (Lipinski definition) is 8. The number of aromatic hydroxyl groups is 2. The second-order valence-corrected chi connectivity index (χ2v) is 7.97. The number of phenols is 2. The summed E-state index contributed by atoms with van der Waals surface area (Å²) in [5.41, 5.74) is 2.16. The van der Waals surface area contributed by atoms with Gasteiger partial charge in [-0.3, -0.25) is 9.59 Å². The van der Waals surface area contributed by atoms with E-state index in [-0.39, 0.29) is 35.4 Å². The zero-order valence-electron chi connectivity index (χ0n) is 18.5. The molecule has 0 unspecified atom stereocenters. The maximum atomic E-state index is 11.7. The number of ether oxygens (including phenoxy) is 3. The highest BCUT2D eigenvalue weighted by Crippen LogP contribution is 2.42. The third kappa shape index (κ3) is 4.50. The van der Waals surface area contributed by atoms with Crippen LogP contribution in [0.5, 0.6) is 17.2 Å². The standard InChI is InChI=1S/C25H24O8/c1-13(26)19-10-23-16(7-21(19)29)9-22(33-23)17-6-18(12-31-14(2)27)25(32-11-17)15-4-5-20(28)24(8-15)30-3/h4-5,7-11,18,25,28-29H,6,12H2,1-3H3/t18-,25-/m0/s1. The van der Waals surface area contributed by atoms with Crippen molar-refractivity contribution in [2.45, 2.75) is 26.4 Å². The zero-order valence-corrected chi connectivity index (χ0v) is 18.5. The predicted molar refractivity (Wildman–Crippen MR) is 119 cm³/mol. The van der Waals surface area contributed by atoms with Crippen molar-refractivity contribution >= 4 is 28.3 Å². The summed E-state index contributed by atoms with van der Waals surface area (Å²) in [5.74, 6) is -0.149. The van der Waals surface area contributed by atoms with Crippen LogP contribution >= 0.6 is 0 Å². The van der Waals surface area contributed by atoms with Gasteiger partial charge in [-0.25, -0.2) is 0 Å². The molecule has 0 saturated heterocycles. The molecule has 3 aromatic rings. The number of phenolic OH excluding ortho intramolecular Hbond substituents is 2. The van der Waals surface area contributed by atoms with Gasteiger partial charge in [0, 0.05) is 23.8 Å². The molecule has 8 nitrogen and oxygen atoms in total. The summed E-state index contributed by atoms with van der Waals surface area (Å²) in [7, 11) is 1.46. The van der Waals surface area contributed by atoms with Gasteiger partial charge in [0.15, 0.2) is 17.3 Å². The first-order valence-electron chi connectivity index (χ1n) is 10.4. The molecule has 1 aromatic heterocycles. The minimum atomic E-state index is -0.444. The van der Waals surface area contributed by atoms with Gasteiger partial charge in [0.1, 0.15) is 23.2 Å². The Labute approximate surface area is 190 Å². The van der Waals surface area contributed by atoms with Crippen molar-refractivity contribution in [2.24, 2.45) is 5.92 Å². The average Bonchev–Trinajstić information content (AvgIpc) is 3.20. The first-order valence-corrected chi connectivity index (χ1v) is 10.4. The van der Waals surface area contributed by atoms with Crippen LogP contribution in [0, 0.1) is 5.92 Å². The Morgan fingerprint density at radius 1 is 1.09 bits per heavy atom. The van der Waals surface area contributed by atoms with E-state index in [0.717, 1.165) is 11.1 Å². The maximum absolute atomic E-state index is 11.7. The van der Waals surface area contributed by atoms with Crippen LogP contribution < -0.4 is 4.74 Å². The Balaban J connectivity index is 1.68. The van der Waals surface area contributed by atoms with Crippen molar-refractivity contribution in [3.63, 3.8) is 0 Å². The number of esters is 1. The van der Waals surface area contributed by atoms with E-state index < -0.39 is 12.1 Å². The lowest BCUT2D eigenvalue weighted by Gasteiger charge is -2.31. The largest absolute Gasteiger partial charge is 0.507 e. The minimum absolute atomic E-state index is 0.0142. The van der Waals surface area contributed by atoms with Gasteiger partial charge >= 0.3 is 5.97 Å². The second kappa shape index (κ2) is 8.90. The number of rotatable bonds is 6. The molecule has 2 N–H and O–H groups in total. The summed E-state index contributed by atoms with van der Waals surface area (Å²) in [6.45, 7) is 2.84. The van der Waals surface area contributed by atoms with Crippen LogP contribution in [0.1, 0.15) is 48.1 Å². The molecule has 0 spiro atoms. The molecular weight excluding hydrogens is 428 g/mol. The summed E-state index contributed by atoms with van der Waals surface area (Å²) < 4.78 is 22.5. The maximum Gasteiger partial charge on any atom is 0.302 e. The summed E-state index contributed by atoms with van der Waals surface area (Å²) >= 11 is 0. The minimum Gasteiger partial charge on any atom is -0.507 e. The van der Waals surface area contributed by atoms with Crippen LogP contribution in [0.3, 0.4) is 0 Å². The molecule has 1 aliphatic heterocycles. The predicted octanol–water partition coefficient (Wildman–Crippen LogP) is 4.74. The SMILES string of the molecule is COc1cc([C@@H]2OC=C(c3cc4cc(O)c(C(C)=O)cc4o3)C[C@H]2COC(C)=O)ccc1O. The van der Waals surface area contributed by atoms with Crippen LogP contribution in [-0.4, -0.2) is 35.7 Å². The van der Waals surface area contributed by atoms with E-state index in [1.54, 1.807) is 24.5 Å². The Hall–Kier alpha value is -3.94. The Morgan fingerprint density at radius 2 is 1.88 bits per heavy atom. The van der Waals surface area contributed by atoms with Crippen LogP contribution in [0.4, 0.5) is 0 Å². The number of carbonyl (C=O) groups excluding carboxylic acids is 2. The van der Waals surface area contributed by atoms with Gasteiger partial charge in [-0.2, -0.15) is 0 Å². The molecule has 2 atom stereocenters. The van der Waals surface area contributed by atoms with E-state index in [1.165, 1.54) is 39.2 Å². The van der Waals surface area contributed by atoms with Crippen molar-refractivity contribution in [3.05, 3.63) is 59.5 Å². The molecule has 4 rings (SSSR count). The Bertz CT molecular complexity index is 1250. The molecule has 0 saturated carbocycles.